The SMILES string of the molecule is CCCc1cc(NCC)c2c(Br)ccc(Br)c2n1. The van der Waals surface area contributed by atoms with E-state index in [0.29, 0.717) is 0 Å². The fourth-order valence-electron chi connectivity index (χ4n) is 2.04. The van der Waals surface area contributed by atoms with Crippen molar-refractivity contribution in [3.05, 3.63) is 32.8 Å². The minimum atomic E-state index is 0.906. The Bertz CT molecular complexity index is 567. The van der Waals surface area contributed by atoms with E-state index in [1.807, 2.05) is 6.07 Å². The smallest absolute Gasteiger partial charge is 0.0879 e. The summed E-state index contributed by atoms with van der Waals surface area (Å²) in [6.07, 6.45) is 2.11. The number of rotatable bonds is 4. The third kappa shape index (κ3) is 2.69. The molecule has 0 fully saturated rings. The van der Waals surface area contributed by atoms with Gasteiger partial charge in [-0.15, -0.1) is 0 Å². The van der Waals surface area contributed by atoms with E-state index in [1.165, 1.54) is 0 Å². The Hall–Kier alpha value is -0.610. The second-order valence-electron chi connectivity index (χ2n) is 4.19. The number of aromatic nitrogens is 1. The van der Waals surface area contributed by atoms with Gasteiger partial charge in [-0.05, 0) is 47.5 Å². The van der Waals surface area contributed by atoms with Gasteiger partial charge in [-0.1, -0.05) is 29.3 Å². The van der Waals surface area contributed by atoms with Crippen LogP contribution >= 0.6 is 31.9 Å². The molecule has 1 N–H and O–H groups in total. The molecule has 2 rings (SSSR count). The molecule has 2 aromatic rings. The van der Waals surface area contributed by atoms with Crippen molar-refractivity contribution in [3.8, 4) is 0 Å². The minimum Gasteiger partial charge on any atom is -0.385 e. The van der Waals surface area contributed by atoms with Crippen molar-refractivity contribution in [1.82, 2.24) is 4.98 Å². The summed E-state index contributed by atoms with van der Waals surface area (Å²) in [6.45, 7) is 5.19. The van der Waals surface area contributed by atoms with Crippen LogP contribution in [0.15, 0.2) is 27.1 Å². The number of anilines is 1. The molecule has 1 aromatic carbocycles. The summed E-state index contributed by atoms with van der Waals surface area (Å²) in [5, 5.41) is 4.57. The highest BCUT2D eigenvalue weighted by atomic mass is 79.9. The van der Waals surface area contributed by atoms with Crippen molar-refractivity contribution in [2.24, 2.45) is 0 Å². The van der Waals surface area contributed by atoms with E-state index in [2.05, 4.69) is 63.2 Å². The van der Waals surface area contributed by atoms with E-state index in [-0.39, 0.29) is 0 Å². The maximum Gasteiger partial charge on any atom is 0.0879 e. The van der Waals surface area contributed by atoms with Crippen LogP contribution in [-0.2, 0) is 6.42 Å². The summed E-state index contributed by atoms with van der Waals surface area (Å²) >= 11 is 7.21. The molecule has 0 atom stereocenters. The first-order chi connectivity index (χ1) is 8.67. The van der Waals surface area contributed by atoms with E-state index in [4.69, 9.17) is 4.98 Å². The van der Waals surface area contributed by atoms with Gasteiger partial charge in [0.15, 0.2) is 0 Å². The molecule has 0 aliphatic rings. The van der Waals surface area contributed by atoms with Crippen LogP contribution in [0.2, 0.25) is 0 Å². The van der Waals surface area contributed by atoms with Gasteiger partial charge >= 0.3 is 0 Å². The predicted octanol–water partition coefficient (Wildman–Crippen LogP) is 5.14. The second-order valence-corrected chi connectivity index (χ2v) is 5.90. The maximum atomic E-state index is 4.75. The van der Waals surface area contributed by atoms with Crippen LogP contribution in [0.1, 0.15) is 26.0 Å². The van der Waals surface area contributed by atoms with Crippen LogP contribution < -0.4 is 5.32 Å². The van der Waals surface area contributed by atoms with Crippen molar-refractivity contribution in [2.45, 2.75) is 26.7 Å². The Kier molecular flexibility index (Phi) is 4.62. The summed E-state index contributed by atoms with van der Waals surface area (Å²) in [6, 6.07) is 6.24. The lowest BCUT2D eigenvalue weighted by molar-refractivity contribution is 0.889. The lowest BCUT2D eigenvalue weighted by Crippen LogP contribution is -2.01. The van der Waals surface area contributed by atoms with Crippen LogP contribution in [-0.4, -0.2) is 11.5 Å². The van der Waals surface area contributed by atoms with Crippen molar-refractivity contribution in [1.29, 1.82) is 0 Å². The van der Waals surface area contributed by atoms with Gasteiger partial charge in [0, 0.05) is 32.3 Å². The number of hydrogen-bond acceptors (Lipinski definition) is 2. The molecule has 96 valence electrons. The molecule has 18 heavy (non-hydrogen) atoms. The molecule has 0 bridgehead atoms. The average molecular weight is 372 g/mol. The topological polar surface area (TPSA) is 24.9 Å². The fraction of sp³-hybridized carbons (Fsp3) is 0.357. The Labute approximate surface area is 124 Å². The molecule has 0 aliphatic carbocycles. The van der Waals surface area contributed by atoms with E-state index < -0.39 is 0 Å². The Morgan fingerprint density at radius 2 is 1.89 bits per heavy atom. The van der Waals surface area contributed by atoms with E-state index in [0.717, 1.165) is 50.6 Å². The molecule has 0 spiro atoms. The predicted molar refractivity (Wildman–Crippen MR) is 85.3 cm³/mol. The first kappa shape index (κ1) is 13.8. The molecule has 2 nitrogen and oxygen atoms in total. The standard InChI is InChI=1S/C14H16Br2N2/c1-3-5-9-8-12(17-4-2)13-10(15)6-7-11(16)14(13)18-9/h6-8H,3-5H2,1-2H3,(H,17,18). The number of halogens is 2. The molecule has 0 aliphatic heterocycles. The Morgan fingerprint density at radius 1 is 1.17 bits per heavy atom. The maximum absolute atomic E-state index is 4.75. The highest BCUT2D eigenvalue weighted by molar-refractivity contribution is 9.11. The van der Waals surface area contributed by atoms with Crippen LogP contribution in [0.3, 0.4) is 0 Å². The first-order valence-corrected chi connectivity index (χ1v) is 7.77. The zero-order valence-electron chi connectivity index (χ0n) is 10.6. The molecule has 0 saturated heterocycles. The van der Waals surface area contributed by atoms with Gasteiger partial charge in [0.2, 0.25) is 0 Å². The molecular formula is C14H16Br2N2. The zero-order valence-corrected chi connectivity index (χ0v) is 13.7. The lowest BCUT2D eigenvalue weighted by Gasteiger charge is -2.12. The number of nitrogens with one attached hydrogen (secondary N) is 1. The molecular weight excluding hydrogens is 356 g/mol. The summed E-state index contributed by atoms with van der Waals surface area (Å²) in [5.41, 5.74) is 3.31. The molecule has 1 heterocycles. The largest absolute Gasteiger partial charge is 0.385 e. The van der Waals surface area contributed by atoms with E-state index in [1.54, 1.807) is 0 Å². The van der Waals surface area contributed by atoms with Crippen molar-refractivity contribution < 1.29 is 0 Å². The van der Waals surface area contributed by atoms with Gasteiger partial charge in [-0.3, -0.25) is 4.98 Å². The molecule has 0 radical (unpaired) electrons. The van der Waals surface area contributed by atoms with Gasteiger partial charge in [-0.25, -0.2) is 0 Å². The summed E-state index contributed by atoms with van der Waals surface area (Å²) < 4.78 is 2.12. The number of nitrogens with zero attached hydrogens (tertiary/aromatic N) is 1. The first-order valence-electron chi connectivity index (χ1n) is 6.18. The zero-order chi connectivity index (χ0) is 13.1. The Balaban J connectivity index is 2.72. The van der Waals surface area contributed by atoms with Crippen molar-refractivity contribution in [3.63, 3.8) is 0 Å². The number of pyridine rings is 1. The third-order valence-corrected chi connectivity index (χ3v) is 4.09. The Morgan fingerprint density at radius 3 is 2.56 bits per heavy atom. The van der Waals surface area contributed by atoms with Gasteiger partial charge in [0.05, 0.1) is 5.52 Å². The number of fused-ring (bicyclic) bond motifs is 1. The number of aryl methyl sites for hydroxylation is 1. The number of benzene rings is 1. The molecule has 0 unspecified atom stereocenters. The molecule has 0 saturated carbocycles. The summed E-state index contributed by atoms with van der Waals surface area (Å²) in [5.74, 6) is 0. The van der Waals surface area contributed by atoms with Crippen LogP contribution in [0.4, 0.5) is 5.69 Å². The van der Waals surface area contributed by atoms with Crippen LogP contribution in [0.25, 0.3) is 10.9 Å². The summed E-state index contributed by atoms with van der Waals surface area (Å²) in [4.78, 5) is 4.75. The van der Waals surface area contributed by atoms with Crippen LogP contribution in [0.5, 0.6) is 0 Å². The molecule has 0 amide bonds. The van der Waals surface area contributed by atoms with Gasteiger partial charge in [0.25, 0.3) is 0 Å². The lowest BCUT2D eigenvalue weighted by atomic mass is 10.1. The van der Waals surface area contributed by atoms with Gasteiger partial charge in [0.1, 0.15) is 0 Å². The van der Waals surface area contributed by atoms with Gasteiger partial charge < -0.3 is 5.32 Å². The van der Waals surface area contributed by atoms with E-state index in [9.17, 15) is 0 Å². The number of hydrogen-bond donors (Lipinski definition) is 1. The van der Waals surface area contributed by atoms with Crippen LogP contribution in [0, 0.1) is 0 Å². The second kappa shape index (κ2) is 6.02. The van der Waals surface area contributed by atoms with Crippen molar-refractivity contribution in [2.75, 3.05) is 11.9 Å². The monoisotopic (exact) mass is 370 g/mol. The minimum absolute atomic E-state index is 0.906. The highest BCUT2D eigenvalue weighted by Gasteiger charge is 2.11. The highest BCUT2D eigenvalue weighted by Crippen LogP contribution is 2.34. The fourth-order valence-corrected chi connectivity index (χ4v) is 2.99. The normalized spacial score (nSPS) is 10.9. The third-order valence-electron chi connectivity index (χ3n) is 2.79. The quantitative estimate of drug-likeness (QED) is 0.804. The van der Waals surface area contributed by atoms with Crippen molar-refractivity contribution >= 4 is 48.5 Å². The summed E-state index contributed by atoms with van der Waals surface area (Å²) in [7, 11) is 0. The van der Waals surface area contributed by atoms with Gasteiger partial charge in [-0.2, -0.15) is 0 Å². The van der Waals surface area contributed by atoms with E-state index >= 15 is 0 Å². The molecule has 1 aromatic heterocycles. The molecule has 4 heteroatoms. The average Bonchev–Trinajstić information content (AvgIpc) is 2.34.